The maximum absolute atomic E-state index is 12.0. The Morgan fingerprint density at radius 3 is 2.48 bits per heavy atom. The van der Waals surface area contributed by atoms with E-state index in [1.54, 1.807) is 0 Å². The maximum atomic E-state index is 12.0. The summed E-state index contributed by atoms with van der Waals surface area (Å²) in [6.45, 7) is 8.04. The Kier molecular flexibility index (Phi) is 4.76. The summed E-state index contributed by atoms with van der Waals surface area (Å²) in [5, 5.41) is 3.49. The topological polar surface area (TPSA) is 49.4 Å². The fraction of sp³-hybridized carbons (Fsp3) is 0.625. The van der Waals surface area contributed by atoms with E-state index in [1.807, 2.05) is 32.0 Å². The number of piperazine rings is 1. The molecule has 0 aromatic heterocycles. The Morgan fingerprint density at radius 2 is 1.90 bits per heavy atom. The predicted octanol–water partition coefficient (Wildman–Crippen LogP) is 1.84. The lowest BCUT2D eigenvalue weighted by Crippen LogP contribution is -2.55. The summed E-state index contributed by atoms with van der Waals surface area (Å²) in [4.78, 5) is 2.30. The van der Waals surface area contributed by atoms with Gasteiger partial charge in [0.2, 0.25) is 0 Å². The maximum Gasteiger partial charge on any atom is 0.153 e. The first-order chi connectivity index (χ1) is 9.71. The zero-order valence-electron chi connectivity index (χ0n) is 13.3. The van der Waals surface area contributed by atoms with Gasteiger partial charge in [0.1, 0.15) is 0 Å². The molecule has 2 unspecified atom stereocenters. The van der Waals surface area contributed by atoms with Crippen molar-refractivity contribution in [1.29, 1.82) is 0 Å². The van der Waals surface area contributed by atoms with Crippen LogP contribution < -0.4 is 5.32 Å². The highest BCUT2D eigenvalue weighted by Gasteiger charge is 2.36. The van der Waals surface area contributed by atoms with Gasteiger partial charge in [0.25, 0.3) is 0 Å². The normalized spacial score (nSPS) is 25.0. The van der Waals surface area contributed by atoms with Gasteiger partial charge < -0.3 is 5.32 Å². The second-order valence-corrected chi connectivity index (χ2v) is 9.35. The first-order valence-electron chi connectivity index (χ1n) is 7.43. The SMILES string of the molecule is CC1CN(CC(C)(C)S(C)(=O)=O)C(c2ccccc2)CN1. The molecule has 5 heteroatoms. The smallest absolute Gasteiger partial charge is 0.153 e. The molecule has 1 saturated heterocycles. The fourth-order valence-electron chi connectivity index (χ4n) is 2.77. The summed E-state index contributed by atoms with van der Waals surface area (Å²) in [5.41, 5.74) is 1.24. The summed E-state index contributed by atoms with van der Waals surface area (Å²) < 4.78 is 23.3. The van der Waals surface area contributed by atoms with Gasteiger partial charge in [-0.05, 0) is 26.3 Å². The molecule has 0 spiro atoms. The van der Waals surface area contributed by atoms with Gasteiger partial charge >= 0.3 is 0 Å². The molecule has 0 bridgehead atoms. The number of rotatable bonds is 4. The molecule has 0 saturated carbocycles. The van der Waals surface area contributed by atoms with E-state index < -0.39 is 14.6 Å². The highest BCUT2D eigenvalue weighted by Crippen LogP contribution is 2.27. The summed E-state index contributed by atoms with van der Waals surface area (Å²) in [6, 6.07) is 10.9. The number of sulfone groups is 1. The second kappa shape index (κ2) is 6.07. The number of benzene rings is 1. The van der Waals surface area contributed by atoms with E-state index in [1.165, 1.54) is 11.8 Å². The molecule has 4 nitrogen and oxygen atoms in total. The molecule has 0 radical (unpaired) electrons. The lowest BCUT2D eigenvalue weighted by atomic mass is 10.00. The van der Waals surface area contributed by atoms with Crippen LogP contribution in [0.4, 0.5) is 0 Å². The van der Waals surface area contributed by atoms with Crippen molar-refractivity contribution in [2.75, 3.05) is 25.9 Å². The Morgan fingerprint density at radius 1 is 1.29 bits per heavy atom. The molecule has 1 aliphatic heterocycles. The van der Waals surface area contributed by atoms with Gasteiger partial charge in [-0.2, -0.15) is 0 Å². The van der Waals surface area contributed by atoms with Crippen LogP contribution in [-0.2, 0) is 9.84 Å². The van der Waals surface area contributed by atoms with E-state index in [9.17, 15) is 8.42 Å². The highest BCUT2D eigenvalue weighted by atomic mass is 32.2. The van der Waals surface area contributed by atoms with E-state index in [-0.39, 0.29) is 6.04 Å². The van der Waals surface area contributed by atoms with Crippen LogP contribution in [0, 0.1) is 0 Å². The van der Waals surface area contributed by atoms with Crippen LogP contribution in [0.25, 0.3) is 0 Å². The third kappa shape index (κ3) is 3.84. The van der Waals surface area contributed by atoms with Gasteiger partial charge in [-0.15, -0.1) is 0 Å². The summed E-state index contributed by atoms with van der Waals surface area (Å²) in [6.07, 6.45) is 1.33. The molecular weight excluding hydrogens is 284 g/mol. The quantitative estimate of drug-likeness (QED) is 0.922. The molecule has 0 amide bonds. The minimum Gasteiger partial charge on any atom is -0.311 e. The zero-order valence-corrected chi connectivity index (χ0v) is 14.2. The Hall–Kier alpha value is -0.910. The number of nitrogens with one attached hydrogen (secondary N) is 1. The fourth-order valence-corrected chi connectivity index (χ4v) is 3.17. The molecule has 1 fully saturated rings. The van der Waals surface area contributed by atoms with E-state index in [0.717, 1.165) is 13.1 Å². The Labute approximate surface area is 128 Å². The zero-order chi connectivity index (χ0) is 15.7. The predicted molar refractivity (Wildman–Crippen MR) is 87.1 cm³/mol. The van der Waals surface area contributed by atoms with Crippen molar-refractivity contribution >= 4 is 9.84 Å². The molecule has 0 aliphatic carbocycles. The average Bonchev–Trinajstić information content (AvgIpc) is 2.38. The van der Waals surface area contributed by atoms with Gasteiger partial charge in [0.05, 0.1) is 4.75 Å². The van der Waals surface area contributed by atoms with Crippen LogP contribution in [0.5, 0.6) is 0 Å². The van der Waals surface area contributed by atoms with E-state index in [2.05, 4.69) is 29.3 Å². The van der Waals surface area contributed by atoms with Crippen molar-refractivity contribution in [2.45, 2.75) is 37.6 Å². The summed E-state index contributed by atoms with van der Waals surface area (Å²) in [5.74, 6) is 0. The molecule has 1 heterocycles. The van der Waals surface area contributed by atoms with Crippen molar-refractivity contribution < 1.29 is 8.42 Å². The van der Waals surface area contributed by atoms with Gasteiger partial charge in [0, 0.05) is 38.0 Å². The Bertz CT molecular complexity index is 569. The molecule has 1 aromatic rings. The molecule has 1 aromatic carbocycles. The minimum absolute atomic E-state index is 0.225. The molecule has 2 atom stereocenters. The second-order valence-electron chi connectivity index (χ2n) is 6.70. The first-order valence-corrected chi connectivity index (χ1v) is 9.32. The van der Waals surface area contributed by atoms with Crippen molar-refractivity contribution in [2.24, 2.45) is 0 Å². The van der Waals surface area contributed by atoms with Crippen LogP contribution in [0.15, 0.2) is 30.3 Å². The molecule has 1 N–H and O–H groups in total. The van der Waals surface area contributed by atoms with Crippen LogP contribution >= 0.6 is 0 Å². The lowest BCUT2D eigenvalue weighted by molar-refractivity contribution is 0.125. The number of nitrogens with zero attached hydrogens (tertiary/aromatic N) is 1. The van der Waals surface area contributed by atoms with E-state index in [4.69, 9.17) is 0 Å². The van der Waals surface area contributed by atoms with E-state index >= 15 is 0 Å². The third-order valence-electron chi connectivity index (χ3n) is 4.38. The van der Waals surface area contributed by atoms with Crippen molar-refractivity contribution in [1.82, 2.24) is 10.2 Å². The van der Waals surface area contributed by atoms with Crippen molar-refractivity contribution in [3.05, 3.63) is 35.9 Å². The van der Waals surface area contributed by atoms with E-state index in [0.29, 0.717) is 12.6 Å². The number of hydrogen-bond acceptors (Lipinski definition) is 4. The average molecular weight is 310 g/mol. The van der Waals surface area contributed by atoms with Crippen LogP contribution in [0.2, 0.25) is 0 Å². The molecule has 2 rings (SSSR count). The van der Waals surface area contributed by atoms with Gasteiger partial charge in [0.15, 0.2) is 9.84 Å². The van der Waals surface area contributed by atoms with Gasteiger partial charge in [-0.25, -0.2) is 8.42 Å². The monoisotopic (exact) mass is 310 g/mol. The van der Waals surface area contributed by atoms with Crippen molar-refractivity contribution in [3.8, 4) is 0 Å². The van der Waals surface area contributed by atoms with Gasteiger partial charge in [-0.1, -0.05) is 30.3 Å². The van der Waals surface area contributed by atoms with Crippen LogP contribution in [0.1, 0.15) is 32.4 Å². The molecular formula is C16H26N2O2S. The van der Waals surface area contributed by atoms with Crippen LogP contribution in [0.3, 0.4) is 0 Å². The first kappa shape index (κ1) is 16.5. The summed E-state index contributed by atoms with van der Waals surface area (Å²) >= 11 is 0. The summed E-state index contributed by atoms with van der Waals surface area (Å²) in [7, 11) is -3.09. The third-order valence-corrected chi connectivity index (χ3v) is 6.52. The lowest BCUT2D eigenvalue weighted by Gasteiger charge is -2.42. The molecule has 1 aliphatic rings. The number of hydrogen-bond donors (Lipinski definition) is 1. The molecule has 21 heavy (non-hydrogen) atoms. The van der Waals surface area contributed by atoms with Crippen molar-refractivity contribution in [3.63, 3.8) is 0 Å². The minimum atomic E-state index is -3.09. The van der Waals surface area contributed by atoms with Gasteiger partial charge in [-0.3, -0.25) is 4.90 Å². The molecule has 118 valence electrons. The standard InChI is InChI=1S/C16H26N2O2S/c1-13-11-18(12-16(2,3)21(4,19)20)15(10-17-13)14-8-6-5-7-9-14/h5-9,13,15,17H,10-12H2,1-4H3. The highest BCUT2D eigenvalue weighted by molar-refractivity contribution is 7.92. The van der Waals surface area contributed by atoms with Crippen LogP contribution in [-0.4, -0.2) is 50.0 Å². The Balaban J connectivity index is 2.24. The largest absolute Gasteiger partial charge is 0.311 e.